The number of ether oxygens (including phenoxy) is 3. The van der Waals surface area contributed by atoms with Crippen LogP contribution in [0.1, 0.15) is 11.1 Å². The molecule has 0 aliphatic carbocycles. The molecule has 0 aromatic heterocycles. The number of benzene rings is 2. The van der Waals surface area contributed by atoms with Gasteiger partial charge in [-0.3, -0.25) is 0 Å². The standard InChI is InChI=1S/C17H20ClNO5S/c1-11-6-5-7-16(17(11)18)25(20,21)19-10-13-14(23-3)8-12(22-2)9-15(13)24-4/h5-9,19H,10H2,1-4H3. The molecule has 0 saturated carbocycles. The van der Waals surface area contributed by atoms with Crippen LogP contribution in [0, 0.1) is 6.92 Å². The summed E-state index contributed by atoms with van der Waals surface area (Å²) in [6, 6.07) is 8.17. The third-order valence-corrected chi connectivity index (χ3v) is 5.76. The van der Waals surface area contributed by atoms with Gasteiger partial charge in [0.2, 0.25) is 10.0 Å². The maximum absolute atomic E-state index is 12.6. The van der Waals surface area contributed by atoms with Gasteiger partial charge < -0.3 is 14.2 Å². The topological polar surface area (TPSA) is 73.9 Å². The summed E-state index contributed by atoms with van der Waals surface area (Å²) in [5, 5.41) is 0.198. The van der Waals surface area contributed by atoms with Crippen molar-refractivity contribution in [3.8, 4) is 17.2 Å². The molecule has 0 aliphatic heterocycles. The lowest BCUT2D eigenvalue weighted by Gasteiger charge is -2.16. The van der Waals surface area contributed by atoms with E-state index in [-0.39, 0.29) is 16.5 Å². The van der Waals surface area contributed by atoms with Crippen molar-refractivity contribution in [3.63, 3.8) is 0 Å². The summed E-state index contributed by atoms with van der Waals surface area (Å²) >= 11 is 6.13. The van der Waals surface area contributed by atoms with E-state index in [1.54, 1.807) is 31.2 Å². The van der Waals surface area contributed by atoms with Gasteiger partial charge in [0.05, 0.1) is 31.9 Å². The van der Waals surface area contributed by atoms with Gasteiger partial charge in [-0.2, -0.15) is 0 Å². The Labute approximate surface area is 152 Å². The quantitative estimate of drug-likeness (QED) is 0.792. The largest absolute Gasteiger partial charge is 0.496 e. The first-order chi connectivity index (χ1) is 11.8. The van der Waals surface area contributed by atoms with Crippen LogP contribution < -0.4 is 18.9 Å². The van der Waals surface area contributed by atoms with Crippen molar-refractivity contribution >= 4 is 21.6 Å². The minimum absolute atomic E-state index is 0.0249. The van der Waals surface area contributed by atoms with Crippen LogP contribution in [0.15, 0.2) is 35.2 Å². The number of hydrogen-bond acceptors (Lipinski definition) is 5. The van der Waals surface area contributed by atoms with Crippen LogP contribution in [0.25, 0.3) is 0 Å². The second-order valence-corrected chi connectivity index (χ2v) is 7.34. The lowest BCUT2D eigenvalue weighted by Crippen LogP contribution is -2.24. The zero-order valence-corrected chi connectivity index (χ0v) is 16.0. The van der Waals surface area contributed by atoms with Crippen LogP contribution in [0.2, 0.25) is 5.02 Å². The Bertz CT molecular complexity index is 842. The lowest BCUT2D eigenvalue weighted by atomic mass is 10.1. The minimum atomic E-state index is -3.80. The Morgan fingerprint density at radius 2 is 1.64 bits per heavy atom. The Hall–Kier alpha value is -1.96. The summed E-state index contributed by atoms with van der Waals surface area (Å²) in [7, 11) is 0.702. The summed E-state index contributed by atoms with van der Waals surface area (Å²) in [6.45, 7) is 1.72. The highest BCUT2D eigenvalue weighted by Crippen LogP contribution is 2.34. The molecule has 8 heteroatoms. The molecule has 0 saturated heterocycles. The summed E-state index contributed by atoms with van der Waals surface area (Å²) in [6.07, 6.45) is 0. The Kier molecular flexibility index (Phi) is 6.16. The van der Waals surface area contributed by atoms with Gasteiger partial charge in [-0.25, -0.2) is 13.1 Å². The smallest absolute Gasteiger partial charge is 0.242 e. The third kappa shape index (κ3) is 4.18. The van der Waals surface area contributed by atoms with Crippen molar-refractivity contribution in [2.75, 3.05) is 21.3 Å². The van der Waals surface area contributed by atoms with E-state index in [1.807, 2.05) is 0 Å². The number of nitrogens with one attached hydrogen (secondary N) is 1. The summed E-state index contributed by atoms with van der Waals surface area (Å²) < 4.78 is 43.6. The lowest BCUT2D eigenvalue weighted by molar-refractivity contribution is 0.368. The molecule has 136 valence electrons. The first-order valence-corrected chi connectivity index (χ1v) is 9.23. The van der Waals surface area contributed by atoms with Crippen molar-refractivity contribution in [2.24, 2.45) is 0 Å². The monoisotopic (exact) mass is 385 g/mol. The van der Waals surface area contributed by atoms with E-state index in [2.05, 4.69) is 4.72 Å². The van der Waals surface area contributed by atoms with Crippen LogP contribution in [-0.4, -0.2) is 29.7 Å². The van der Waals surface area contributed by atoms with Gasteiger partial charge >= 0.3 is 0 Å². The first-order valence-electron chi connectivity index (χ1n) is 7.37. The van der Waals surface area contributed by atoms with Gasteiger partial charge in [0.25, 0.3) is 0 Å². The van der Waals surface area contributed by atoms with Crippen LogP contribution in [0.3, 0.4) is 0 Å². The zero-order chi connectivity index (χ0) is 18.6. The average molecular weight is 386 g/mol. The van der Waals surface area contributed by atoms with Gasteiger partial charge in [-0.1, -0.05) is 23.7 Å². The molecule has 0 fully saturated rings. The van der Waals surface area contributed by atoms with Crippen LogP contribution in [0.5, 0.6) is 17.2 Å². The molecule has 6 nitrogen and oxygen atoms in total. The third-order valence-electron chi connectivity index (χ3n) is 3.70. The number of halogens is 1. The molecule has 0 heterocycles. The number of aryl methyl sites for hydroxylation is 1. The summed E-state index contributed by atoms with van der Waals surface area (Å²) in [5.74, 6) is 1.45. The van der Waals surface area contributed by atoms with Gasteiger partial charge in [0, 0.05) is 18.7 Å². The van der Waals surface area contributed by atoms with E-state index >= 15 is 0 Å². The molecule has 2 aromatic rings. The fourth-order valence-electron chi connectivity index (χ4n) is 2.33. The average Bonchev–Trinajstić information content (AvgIpc) is 2.61. The normalized spacial score (nSPS) is 11.2. The second-order valence-electron chi connectivity index (χ2n) is 5.22. The molecule has 25 heavy (non-hydrogen) atoms. The number of hydrogen-bond donors (Lipinski definition) is 1. The van der Waals surface area contributed by atoms with Gasteiger partial charge in [-0.05, 0) is 18.6 Å². The van der Waals surface area contributed by atoms with Crippen LogP contribution in [-0.2, 0) is 16.6 Å². The van der Waals surface area contributed by atoms with Crippen LogP contribution >= 0.6 is 11.6 Å². The van der Waals surface area contributed by atoms with E-state index < -0.39 is 10.0 Å². The molecule has 0 radical (unpaired) electrons. The number of sulfonamides is 1. The number of rotatable bonds is 7. The summed E-state index contributed by atoms with van der Waals surface area (Å²) in [5.41, 5.74) is 1.24. The molecule has 0 atom stereocenters. The fourth-order valence-corrected chi connectivity index (χ4v) is 3.90. The first kappa shape index (κ1) is 19.4. The molecule has 1 N–H and O–H groups in total. The van der Waals surface area contributed by atoms with Crippen molar-refractivity contribution in [2.45, 2.75) is 18.4 Å². The molecular weight excluding hydrogens is 366 g/mol. The highest BCUT2D eigenvalue weighted by atomic mass is 35.5. The molecule has 0 bridgehead atoms. The van der Waals surface area contributed by atoms with Crippen LogP contribution in [0.4, 0.5) is 0 Å². The molecule has 2 aromatic carbocycles. The molecule has 0 aliphatic rings. The maximum Gasteiger partial charge on any atom is 0.242 e. The summed E-state index contributed by atoms with van der Waals surface area (Å²) in [4.78, 5) is 0.0283. The molecule has 0 spiro atoms. The SMILES string of the molecule is COc1cc(OC)c(CNS(=O)(=O)c2cccc(C)c2Cl)c(OC)c1. The predicted molar refractivity (Wildman–Crippen MR) is 96.3 cm³/mol. The molecule has 0 amide bonds. The highest BCUT2D eigenvalue weighted by molar-refractivity contribution is 7.89. The van der Waals surface area contributed by atoms with Gasteiger partial charge in [0.15, 0.2) is 0 Å². The molecule has 0 unspecified atom stereocenters. The highest BCUT2D eigenvalue weighted by Gasteiger charge is 2.21. The Morgan fingerprint density at radius 1 is 1.04 bits per heavy atom. The van der Waals surface area contributed by atoms with Crippen molar-refractivity contribution in [1.29, 1.82) is 0 Å². The van der Waals surface area contributed by atoms with E-state index in [0.717, 1.165) is 0 Å². The fraction of sp³-hybridized carbons (Fsp3) is 0.294. The maximum atomic E-state index is 12.6. The number of methoxy groups -OCH3 is 3. The van der Waals surface area contributed by atoms with Gasteiger partial charge in [0.1, 0.15) is 22.1 Å². The van der Waals surface area contributed by atoms with E-state index in [4.69, 9.17) is 25.8 Å². The van der Waals surface area contributed by atoms with E-state index in [1.165, 1.54) is 27.4 Å². The zero-order valence-electron chi connectivity index (χ0n) is 14.4. The second kappa shape index (κ2) is 7.95. The van der Waals surface area contributed by atoms with E-state index in [0.29, 0.717) is 28.4 Å². The Morgan fingerprint density at radius 3 is 2.16 bits per heavy atom. The van der Waals surface area contributed by atoms with Crippen molar-refractivity contribution in [1.82, 2.24) is 4.72 Å². The predicted octanol–water partition coefficient (Wildman–Crippen LogP) is 3.15. The van der Waals surface area contributed by atoms with Gasteiger partial charge in [-0.15, -0.1) is 0 Å². The molecular formula is C17H20ClNO5S. The Balaban J connectivity index is 2.36. The van der Waals surface area contributed by atoms with Crippen molar-refractivity contribution < 1.29 is 22.6 Å². The molecule has 2 rings (SSSR count). The van der Waals surface area contributed by atoms with Crippen molar-refractivity contribution in [3.05, 3.63) is 46.5 Å². The van der Waals surface area contributed by atoms with E-state index in [9.17, 15) is 8.42 Å². The minimum Gasteiger partial charge on any atom is -0.496 e.